The third-order valence-electron chi connectivity index (χ3n) is 5.78. The Labute approximate surface area is 230 Å². The summed E-state index contributed by atoms with van der Waals surface area (Å²) in [5.74, 6) is 0.551. The molecule has 0 saturated carbocycles. The summed E-state index contributed by atoms with van der Waals surface area (Å²) in [7, 11) is 5.56. The number of rotatable bonds is 13. The lowest BCUT2D eigenvalue weighted by Gasteiger charge is -2.26. The fraction of sp³-hybridized carbons (Fsp3) is 0.731. The average Bonchev–Trinajstić information content (AvgIpc) is 3.69. The second-order valence-corrected chi connectivity index (χ2v) is 8.93. The van der Waals surface area contributed by atoms with Crippen LogP contribution in [0.1, 0.15) is 56.1 Å². The van der Waals surface area contributed by atoms with Gasteiger partial charge in [0.25, 0.3) is 0 Å². The molecule has 1 aromatic rings. The summed E-state index contributed by atoms with van der Waals surface area (Å²) in [5, 5.41) is 37.4. The fourth-order valence-electron chi connectivity index (χ4n) is 3.57. The summed E-state index contributed by atoms with van der Waals surface area (Å²) in [5.41, 5.74) is 1.35. The monoisotopic (exact) mass is 566 g/mol. The zero-order valence-electron chi connectivity index (χ0n) is 24.3. The van der Waals surface area contributed by atoms with E-state index in [-0.39, 0.29) is 22.8 Å². The van der Waals surface area contributed by atoms with Crippen molar-refractivity contribution in [3.05, 3.63) is 16.7 Å². The Morgan fingerprint density at radius 1 is 0.921 bits per heavy atom. The number of aliphatic hydroxyl groups is 4. The van der Waals surface area contributed by atoms with Crippen molar-refractivity contribution in [3.8, 4) is 17.2 Å². The number of methoxy groups -OCH3 is 4. The first kappa shape index (κ1) is 36.4. The number of thioether (sulfide) groups is 1. The molecular weight excluding hydrogens is 520 g/mol. The molecule has 1 aliphatic heterocycles. The average molecular weight is 567 g/mol. The molecule has 0 aromatic heterocycles. The lowest BCUT2D eigenvalue weighted by Crippen LogP contribution is -2.37. The van der Waals surface area contributed by atoms with E-state index in [1.807, 2.05) is 27.7 Å². The molecule has 0 aliphatic carbocycles. The molecule has 1 heterocycles. The molecule has 6 atom stereocenters. The van der Waals surface area contributed by atoms with Crippen LogP contribution in [-0.4, -0.2) is 103 Å². The normalized spacial score (nSPS) is 19.2. The maximum absolute atomic E-state index is 13.4. The quantitative estimate of drug-likeness (QED) is 0.205. The van der Waals surface area contributed by atoms with Gasteiger partial charge in [-0.05, 0) is 31.9 Å². The van der Waals surface area contributed by atoms with Crippen molar-refractivity contribution in [1.29, 1.82) is 0 Å². The van der Waals surface area contributed by atoms with Crippen LogP contribution in [-0.2, 0) is 14.2 Å². The summed E-state index contributed by atoms with van der Waals surface area (Å²) in [6, 6.07) is 0. The van der Waals surface area contributed by atoms with E-state index in [9.17, 15) is 25.2 Å². The maximum atomic E-state index is 13.4. The maximum Gasteiger partial charge on any atom is 0.230 e. The van der Waals surface area contributed by atoms with Gasteiger partial charge in [0, 0.05) is 14.2 Å². The van der Waals surface area contributed by atoms with Crippen LogP contribution in [0.3, 0.4) is 0 Å². The second-order valence-electron chi connectivity index (χ2n) is 7.78. The zero-order valence-corrected chi connectivity index (χ0v) is 25.1. The van der Waals surface area contributed by atoms with E-state index in [0.717, 1.165) is 11.8 Å². The van der Waals surface area contributed by atoms with E-state index in [2.05, 4.69) is 0 Å². The summed E-state index contributed by atoms with van der Waals surface area (Å²) in [6.45, 7) is 12.6. The number of hydrogen-bond donors (Lipinski definition) is 4. The lowest BCUT2D eigenvalue weighted by molar-refractivity contribution is -0.141. The topological polar surface area (TPSA) is 157 Å². The summed E-state index contributed by atoms with van der Waals surface area (Å²) in [6.07, 6.45) is -6.00. The van der Waals surface area contributed by atoms with Crippen LogP contribution >= 0.6 is 11.8 Å². The van der Waals surface area contributed by atoms with Crippen molar-refractivity contribution in [3.63, 3.8) is 0 Å². The smallest absolute Gasteiger partial charge is 0.230 e. The SMILES string of the molecule is CC.CC.COc1c(OC2OC2C(OC)C(O)O)c(C)c(C)c(C(=O)SC(C(O)CO)C(C)OC)c1OC. The fourth-order valence-corrected chi connectivity index (χ4v) is 4.73. The van der Waals surface area contributed by atoms with Crippen LogP contribution in [0.5, 0.6) is 17.2 Å². The van der Waals surface area contributed by atoms with Crippen molar-refractivity contribution in [2.45, 2.75) is 90.7 Å². The van der Waals surface area contributed by atoms with E-state index in [0.29, 0.717) is 11.1 Å². The summed E-state index contributed by atoms with van der Waals surface area (Å²) in [4.78, 5) is 13.4. The van der Waals surface area contributed by atoms with E-state index < -0.39 is 54.0 Å². The van der Waals surface area contributed by atoms with Crippen molar-refractivity contribution >= 4 is 16.9 Å². The van der Waals surface area contributed by atoms with Gasteiger partial charge in [0.1, 0.15) is 6.10 Å². The Balaban J connectivity index is 0.00000326. The largest absolute Gasteiger partial charge is 0.492 e. The molecule has 0 bridgehead atoms. The highest BCUT2D eigenvalue weighted by Gasteiger charge is 2.51. The highest BCUT2D eigenvalue weighted by molar-refractivity contribution is 8.14. The first-order valence-corrected chi connectivity index (χ1v) is 13.4. The predicted molar refractivity (Wildman–Crippen MR) is 145 cm³/mol. The third kappa shape index (κ3) is 8.68. The molecule has 4 N–H and O–H groups in total. The Morgan fingerprint density at radius 2 is 1.47 bits per heavy atom. The van der Waals surface area contributed by atoms with E-state index >= 15 is 0 Å². The molecule has 6 unspecified atom stereocenters. The third-order valence-corrected chi connectivity index (χ3v) is 7.17. The number of epoxide rings is 1. The van der Waals surface area contributed by atoms with Gasteiger partial charge >= 0.3 is 0 Å². The van der Waals surface area contributed by atoms with Crippen molar-refractivity contribution in [2.24, 2.45) is 0 Å². The second kappa shape index (κ2) is 17.9. The first-order valence-electron chi connectivity index (χ1n) is 12.6. The Hall–Kier alpha value is -1.64. The Bertz CT molecular complexity index is 839. The number of benzene rings is 1. The van der Waals surface area contributed by atoms with Crippen LogP contribution in [0, 0.1) is 13.8 Å². The van der Waals surface area contributed by atoms with Gasteiger partial charge in [-0.25, -0.2) is 0 Å². The number of ether oxygens (including phenoxy) is 6. The van der Waals surface area contributed by atoms with Crippen LogP contribution in [0.2, 0.25) is 0 Å². The van der Waals surface area contributed by atoms with Gasteiger partial charge in [-0.15, -0.1) is 0 Å². The molecule has 1 aromatic carbocycles. The van der Waals surface area contributed by atoms with Gasteiger partial charge in [-0.1, -0.05) is 39.5 Å². The van der Waals surface area contributed by atoms with E-state index in [1.165, 1.54) is 28.4 Å². The van der Waals surface area contributed by atoms with Crippen LogP contribution in [0.15, 0.2) is 0 Å². The van der Waals surface area contributed by atoms with E-state index in [1.54, 1.807) is 20.8 Å². The standard InChI is InChI=1S/C22H34O11S.2C2H6/c1-9-10(2)14(32-22-18(33-22)17(31-7)20(25)26)16(30-6)15(29-5)13(9)21(27)34-19(11(3)28-4)12(24)8-23;2*1-2/h11-12,17-20,22-26H,8H2,1-7H3;2*1-2H3. The molecule has 38 heavy (non-hydrogen) atoms. The van der Waals surface area contributed by atoms with Gasteiger partial charge in [-0.3, -0.25) is 4.79 Å². The number of aliphatic hydroxyl groups excluding tert-OH is 3. The Morgan fingerprint density at radius 3 is 1.89 bits per heavy atom. The highest BCUT2D eigenvalue weighted by atomic mass is 32.2. The first-order chi connectivity index (χ1) is 18.1. The molecule has 1 saturated heterocycles. The minimum absolute atomic E-state index is 0.128. The summed E-state index contributed by atoms with van der Waals surface area (Å²) < 4.78 is 32.7. The molecule has 0 spiro atoms. The van der Waals surface area contributed by atoms with Crippen LogP contribution < -0.4 is 14.2 Å². The molecule has 1 aliphatic rings. The molecule has 1 fully saturated rings. The van der Waals surface area contributed by atoms with Crippen molar-refractivity contribution in [2.75, 3.05) is 35.0 Å². The molecule has 222 valence electrons. The van der Waals surface area contributed by atoms with Crippen LogP contribution in [0.25, 0.3) is 0 Å². The number of carbonyl (C=O) groups excluding carboxylic acids is 1. The van der Waals surface area contributed by atoms with Crippen molar-refractivity contribution < 1.29 is 53.6 Å². The lowest BCUT2D eigenvalue weighted by atomic mass is 10.0. The van der Waals surface area contributed by atoms with Crippen molar-refractivity contribution in [1.82, 2.24) is 0 Å². The van der Waals surface area contributed by atoms with Gasteiger partial charge in [-0.2, -0.15) is 0 Å². The highest BCUT2D eigenvalue weighted by Crippen LogP contribution is 2.48. The molecule has 0 amide bonds. The molecule has 0 radical (unpaired) electrons. The molecule has 2 rings (SSSR count). The van der Waals surface area contributed by atoms with Crippen LogP contribution in [0.4, 0.5) is 0 Å². The minimum Gasteiger partial charge on any atom is -0.492 e. The minimum atomic E-state index is -1.75. The molecule has 11 nitrogen and oxygen atoms in total. The predicted octanol–water partition coefficient (Wildman–Crippen LogP) is 2.43. The number of hydrogen-bond acceptors (Lipinski definition) is 12. The summed E-state index contributed by atoms with van der Waals surface area (Å²) >= 11 is 0.830. The molecular formula is C26H46O11S. The van der Waals surface area contributed by atoms with Gasteiger partial charge < -0.3 is 48.8 Å². The van der Waals surface area contributed by atoms with E-state index in [4.69, 9.17) is 28.4 Å². The zero-order chi connectivity index (χ0) is 29.7. The Kier molecular flexibility index (Phi) is 17.1. The van der Waals surface area contributed by atoms with Gasteiger partial charge in [0.15, 0.2) is 23.9 Å². The van der Waals surface area contributed by atoms with Gasteiger partial charge in [0.05, 0.1) is 43.8 Å². The van der Waals surface area contributed by atoms with Gasteiger partial charge in [0.2, 0.25) is 17.2 Å². The molecule has 12 heteroatoms. The number of carbonyl (C=O) groups is 1.